The number of nitrogens with zero attached hydrogens (tertiary/aromatic N) is 3. The smallest absolute Gasteiger partial charge is 0.323 e. The third-order valence-corrected chi connectivity index (χ3v) is 4.71. The topological polar surface area (TPSA) is 91.8 Å². The van der Waals surface area contributed by atoms with Crippen LogP contribution in [-0.4, -0.2) is 21.0 Å². The van der Waals surface area contributed by atoms with Gasteiger partial charge in [-0.3, -0.25) is 4.98 Å². The first-order valence-electron chi connectivity index (χ1n) is 9.51. The predicted molar refractivity (Wildman–Crippen MR) is 124 cm³/mol. The lowest BCUT2D eigenvalue weighted by Crippen LogP contribution is -2.19. The molecule has 7 nitrogen and oxygen atoms in total. The van der Waals surface area contributed by atoms with Gasteiger partial charge in [-0.15, -0.1) is 0 Å². The zero-order valence-corrected chi connectivity index (χ0v) is 17.4. The van der Waals surface area contributed by atoms with Gasteiger partial charge in [-0.2, -0.15) is 0 Å². The number of aromatic nitrogens is 3. The van der Waals surface area contributed by atoms with Gasteiger partial charge in [-0.25, -0.2) is 14.8 Å². The Balaban J connectivity index is 1.48. The van der Waals surface area contributed by atoms with Crippen molar-refractivity contribution >= 4 is 40.6 Å². The van der Waals surface area contributed by atoms with Crippen LogP contribution < -0.4 is 16.0 Å². The third kappa shape index (κ3) is 5.34. The Morgan fingerprint density at radius 3 is 2.48 bits per heavy atom. The molecule has 31 heavy (non-hydrogen) atoms. The van der Waals surface area contributed by atoms with Crippen molar-refractivity contribution in [2.24, 2.45) is 0 Å². The van der Waals surface area contributed by atoms with Crippen LogP contribution in [0.5, 0.6) is 0 Å². The molecule has 2 amide bonds. The molecule has 0 unspecified atom stereocenters. The van der Waals surface area contributed by atoms with Crippen molar-refractivity contribution in [1.29, 1.82) is 0 Å². The van der Waals surface area contributed by atoms with Crippen molar-refractivity contribution in [2.45, 2.75) is 6.92 Å². The molecule has 0 fully saturated rings. The second kappa shape index (κ2) is 9.23. The van der Waals surface area contributed by atoms with Gasteiger partial charge in [0.15, 0.2) is 0 Å². The largest absolute Gasteiger partial charge is 0.324 e. The number of rotatable bonds is 5. The van der Waals surface area contributed by atoms with Gasteiger partial charge in [0.2, 0.25) is 5.95 Å². The first kappa shape index (κ1) is 20.3. The predicted octanol–water partition coefficient (Wildman–Crippen LogP) is 5.89. The Morgan fingerprint density at radius 1 is 0.935 bits per heavy atom. The molecule has 0 aliphatic carbocycles. The van der Waals surface area contributed by atoms with Crippen LogP contribution in [0.1, 0.15) is 5.56 Å². The Hall–Kier alpha value is -3.97. The number of benzene rings is 2. The molecule has 4 rings (SSSR count). The highest BCUT2D eigenvalue weighted by molar-refractivity contribution is 6.30. The molecule has 0 radical (unpaired) electrons. The Kier molecular flexibility index (Phi) is 6.05. The summed E-state index contributed by atoms with van der Waals surface area (Å²) in [6.45, 7) is 1.96. The van der Waals surface area contributed by atoms with Crippen LogP contribution in [-0.2, 0) is 0 Å². The quantitative estimate of drug-likeness (QED) is 0.367. The van der Waals surface area contributed by atoms with Gasteiger partial charge in [-0.05, 0) is 67.1 Å². The minimum Gasteiger partial charge on any atom is -0.324 e. The van der Waals surface area contributed by atoms with Crippen molar-refractivity contribution in [3.8, 4) is 11.3 Å². The van der Waals surface area contributed by atoms with E-state index in [2.05, 4.69) is 30.9 Å². The molecule has 0 saturated carbocycles. The first-order valence-corrected chi connectivity index (χ1v) is 9.89. The van der Waals surface area contributed by atoms with Crippen molar-refractivity contribution in [3.63, 3.8) is 0 Å². The number of amides is 2. The summed E-state index contributed by atoms with van der Waals surface area (Å²) in [6.07, 6.45) is 5.16. The summed E-state index contributed by atoms with van der Waals surface area (Å²) in [5, 5.41) is 9.42. The standard InChI is InChI=1S/C23H19ClN6O/c1-15-4-7-19(28-23(31)27-18-8-5-17(24)6-9-18)13-21(15)30-22-26-12-10-20(29-22)16-3-2-11-25-14-16/h2-14H,1H3,(H,26,29,30)(H2,27,28,31). The minimum absolute atomic E-state index is 0.355. The second-order valence-electron chi connectivity index (χ2n) is 6.75. The molecule has 0 atom stereocenters. The Labute approximate surface area is 184 Å². The fraction of sp³-hybridized carbons (Fsp3) is 0.0435. The second-order valence-corrected chi connectivity index (χ2v) is 7.18. The molecule has 0 saturated heterocycles. The molecule has 0 bridgehead atoms. The van der Waals surface area contributed by atoms with E-state index in [9.17, 15) is 4.79 Å². The lowest BCUT2D eigenvalue weighted by Gasteiger charge is -2.12. The lowest BCUT2D eigenvalue weighted by molar-refractivity contribution is 0.262. The molecule has 2 aromatic carbocycles. The van der Waals surface area contributed by atoms with E-state index in [1.807, 2.05) is 43.3 Å². The fourth-order valence-electron chi connectivity index (χ4n) is 2.88. The van der Waals surface area contributed by atoms with E-state index in [4.69, 9.17) is 11.6 Å². The summed E-state index contributed by atoms with van der Waals surface area (Å²) in [4.78, 5) is 25.3. The average molecular weight is 431 g/mol. The molecule has 3 N–H and O–H groups in total. The van der Waals surface area contributed by atoms with Gasteiger partial charge in [0.25, 0.3) is 0 Å². The number of halogens is 1. The molecule has 154 valence electrons. The average Bonchev–Trinajstić information content (AvgIpc) is 2.78. The van der Waals surface area contributed by atoms with Crippen molar-refractivity contribution in [3.05, 3.63) is 89.8 Å². The Bertz CT molecular complexity index is 1200. The number of pyridine rings is 1. The van der Waals surface area contributed by atoms with Gasteiger partial charge >= 0.3 is 6.03 Å². The van der Waals surface area contributed by atoms with Crippen molar-refractivity contribution in [2.75, 3.05) is 16.0 Å². The van der Waals surface area contributed by atoms with Gasteiger partial charge in [0.1, 0.15) is 0 Å². The van der Waals surface area contributed by atoms with Gasteiger partial charge in [-0.1, -0.05) is 17.7 Å². The van der Waals surface area contributed by atoms with Gasteiger partial charge in [0.05, 0.1) is 5.69 Å². The molecule has 8 heteroatoms. The minimum atomic E-state index is -0.355. The third-order valence-electron chi connectivity index (χ3n) is 4.46. The van der Waals surface area contributed by atoms with Gasteiger partial charge < -0.3 is 16.0 Å². The van der Waals surface area contributed by atoms with Crippen molar-refractivity contribution < 1.29 is 4.79 Å². The monoisotopic (exact) mass is 430 g/mol. The van der Waals surface area contributed by atoms with Crippen LogP contribution in [0.3, 0.4) is 0 Å². The van der Waals surface area contributed by atoms with E-state index < -0.39 is 0 Å². The maximum Gasteiger partial charge on any atom is 0.323 e. The van der Waals surface area contributed by atoms with Crippen LogP contribution in [0.2, 0.25) is 5.02 Å². The van der Waals surface area contributed by atoms with Crippen LogP contribution in [0.25, 0.3) is 11.3 Å². The van der Waals surface area contributed by atoms with E-state index in [1.54, 1.807) is 42.9 Å². The maximum atomic E-state index is 12.3. The summed E-state index contributed by atoms with van der Waals surface area (Å²) >= 11 is 5.87. The van der Waals surface area contributed by atoms with E-state index in [-0.39, 0.29) is 6.03 Å². The van der Waals surface area contributed by atoms with Crippen LogP contribution in [0.15, 0.2) is 79.3 Å². The molecule has 4 aromatic rings. The zero-order valence-electron chi connectivity index (χ0n) is 16.6. The van der Waals surface area contributed by atoms with Gasteiger partial charge in [0, 0.05) is 46.2 Å². The number of carbonyl (C=O) groups excluding carboxylic acids is 1. The molecule has 2 heterocycles. The maximum absolute atomic E-state index is 12.3. The molecular formula is C23H19ClN6O. The number of anilines is 4. The number of hydrogen-bond donors (Lipinski definition) is 3. The highest BCUT2D eigenvalue weighted by atomic mass is 35.5. The van der Waals surface area contributed by atoms with E-state index in [1.165, 1.54) is 0 Å². The molecule has 0 aliphatic rings. The van der Waals surface area contributed by atoms with Crippen LogP contribution >= 0.6 is 11.6 Å². The molecule has 0 aliphatic heterocycles. The summed E-state index contributed by atoms with van der Waals surface area (Å²) in [5.41, 5.74) is 4.71. The number of hydrogen-bond acceptors (Lipinski definition) is 5. The Morgan fingerprint density at radius 2 is 1.71 bits per heavy atom. The summed E-state index contributed by atoms with van der Waals surface area (Å²) in [5.74, 6) is 0.451. The molecule has 0 spiro atoms. The zero-order chi connectivity index (χ0) is 21.6. The lowest BCUT2D eigenvalue weighted by atomic mass is 10.2. The summed E-state index contributed by atoms with van der Waals surface area (Å²) in [6, 6.07) is 17.7. The normalized spacial score (nSPS) is 10.4. The number of carbonyl (C=O) groups is 1. The molecular weight excluding hydrogens is 412 g/mol. The van der Waals surface area contributed by atoms with Crippen molar-refractivity contribution in [1.82, 2.24) is 15.0 Å². The van der Waals surface area contributed by atoms with E-state index in [0.29, 0.717) is 22.3 Å². The van der Waals surface area contributed by atoms with Crippen LogP contribution in [0, 0.1) is 6.92 Å². The van der Waals surface area contributed by atoms with E-state index >= 15 is 0 Å². The first-order chi connectivity index (χ1) is 15.1. The van der Waals surface area contributed by atoms with Crippen LogP contribution in [0.4, 0.5) is 27.8 Å². The highest BCUT2D eigenvalue weighted by Crippen LogP contribution is 2.24. The fourth-order valence-corrected chi connectivity index (χ4v) is 3.00. The summed E-state index contributed by atoms with van der Waals surface area (Å²) < 4.78 is 0. The SMILES string of the molecule is Cc1ccc(NC(=O)Nc2ccc(Cl)cc2)cc1Nc1nccc(-c2cccnc2)n1. The number of aryl methyl sites for hydroxylation is 1. The summed E-state index contributed by atoms with van der Waals surface area (Å²) in [7, 11) is 0. The molecule has 2 aromatic heterocycles. The van der Waals surface area contributed by atoms with E-state index in [0.717, 1.165) is 22.5 Å². The highest BCUT2D eigenvalue weighted by Gasteiger charge is 2.08. The number of urea groups is 1. The number of nitrogens with one attached hydrogen (secondary N) is 3.